The van der Waals surface area contributed by atoms with Gasteiger partial charge < -0.3 is 10.2 Å². The highest BCUT2D eigenvalue weighted by Gasteiger charge is 2.37. The molecule has 0 fully saturated rings. The minimum atomic E-state index is -4.53. The molecule has 1 atom stereocenters. The van der Waals surface area contributed by atoms with Gasteiger partial charge in [-0.25, -0.2) is 0 Å². The van der Waals surface area contributed by atoms with Crippen LogP contribution in [0.5, 0.6) is 0 Å². The van der Waals surface area contributed by atoms with Gasteiger partial charge in [0, 0.05) is 22.8 Å². The van der Waals surface area contributed by atoms with Gasteiger partial charge >= 0.3 is 6.18 Å². The molecular formula is C24H18ClF3N2O2. The summed E-state index contributed by atoms with van der Waals surface area (Å²) in [5.41, 5.74) is 1.06. The molecule has 164 valence electrons. The standard InChI is InChI=1S/C24H18ClF3N2O2/c25-18-10-8-16(9-11-18)23(32)30-13-12-15-4-1-2-7-20(15)21(30)22(31)29-19-6-3-5-17(14-19)24(26,27)28/h1-11,14,21H,12-13H2,(H,29,31). The molecule has 0 aromatic heterocycles. The predicted molar refractivity (Wildman–Crippen MR) is 115 cm³/mol. The lowest BCUT2D eigenvalue weighted by Crippen LogP contribution is -2.45. The van der Waals surface area contributed by atoms with Crippen molar-refractivity contribution in [2.24, 2.45) is 0 Å². The zero-order chi connectivity index (χ0) is 22.9. The van der Waals surface area contributed by atoms with Gasteiger partial charge in [-0.05, 0) is 60.0 Å². The normalized spacial score (nSPS) is 15.8. The number of alkyl halides is 3. The third kappa shape index (κ3) is 4.48. The van der Waals surface area contributed by atoms with E-state index in [4.69, 9.17) is 11.6 Å². The highest BCUT2D eigenvalue weighted by Crippen LogP contribution is 2.34. The Morgan fingerprint density at radius 2 is 1.69 bits per heavy atom. The quantitative estimate of drug-likeness (QED) is 0.544. The molecule has 3 aromatic rings. The number of hydrogen-bond donors (Lipinski definition) is 1. The molecule has 32 heavy (non-hydrogen) atoms. The lowest BCUT2D eigenvalue weighted by molar-refractivity contribution is -0.137. The van der Waals surface area contributed by atoms with E-state index in [9.17, 15) is 22.8 Å². The Labute approximate surface area is 187 Å². The smallest absolute Gasteiger partial charge is 0.324 e. The molecule has 0 radical (unpaired) electrons. The van der Waals surface area contributed by atoms with Crippen molar-refractivity contribution in [3.8, 4) is 0 Å². The molecule has 0 bridgehead atoms. The topological polar surface area (TPSA) is 49.4 Å². The third-order valence-corrected chi connectivity index (χ3v) is 5.59. The zero-order valence-electron chi connectivity index (χ0n) is 16.7. The van der Waals surface area contributed by atoms with Gasteiger partial charge in [-0.1, -0.05) is 41.9 Å². The van der Waals surface area contributed by atoms with Crippen LogP contribution in [0.15, 0.2) is 72.8 Å². The third-order valence-electron chi connectivity index (χ3n) is 5.34. The van der Waals surface area contributed by atoms with Crippen molar-refractivity contribution in [1.29, 1.82) is 0 Å². The van der Waals surface area contributed by atoms with Crippen LogP contribution in [0.4, 0.5) is 18.9 Å². The molecule has 1 N–H and O–H groups in total. The first-order valence-corrected chi connectivity index (χ1v) is 10.2. The molecule has 1 aliphatic heterocycles. The van der Waals surface area contributed by atoms with Crippen LogP contribution < -0.4 is 5.32 Å². The number of rotatable bonds is 3. The van der Waals surface area contributed by atoms with Gasteiger partial charge in [-0.3, -0.25) is 9.59 Å². The van der Waals surface area contributed by atoms with E-state index in [2.05, 4.69) is 5.32 Å². The zero-order valence-corrected chi connectivity index (χ0v) is 17.5. The average molecular weight is 459 g/mol. The number of anilines is 1. The molecule has 0 spiro atoms. The first-order valence-electron chi connectivity index (χ1n) is 9.86. The SMILES string of the molecule is O=C(Nc1cccc(C(F)(F)F)c1)C1c2ccccc2CCN1C(=O)c1ccc(Cl)cc1. The monoisotopic (exact) mass is 458 g/mol. The fourth-order valence-corrected chi connectivity index (χ4v) is 3.94. The molecule has 2 amide bonds. The molecule has 1 aliphatic rings. The lowest BCUT2D eigenvalue weighted by Gasteiger charge is -2.36. The maximum absolute atomic E-state index is 13.3. The van der Waals surface area contributed by atoms with E-state index in [0.29, 0.717) is 29.1 Å². The summed E-state index contributed by atoms with van der Waals surface area (Å²) in [5, 5.41) is 3.03. The lowest BCUT2D eigenvalue weighted by atomic mass is 9.91. The summed E-state index contributed by atoms with van der Waals surface area (Å²) in [4.78, 5) is 28.0. The summed E-state index contributed by atoms with van der Waals surface area (Å²) in [5.74, 6) is -0.945. The predicted octanol–water partition coefficient (Wildman–Crippen LogP) is 5.74. The minimum Gasteiger partial charge on any atom is -0.324 e. The molecule has 0 saturated heterocycles. The molecule has 1 heterocycles. The fraction of sp³-hybridized carbons (Fsp3) is 0.167. The van der Waals surface area contributed by atoms with Gasteiger partial charge in [-0.15, -0.1) is 0 Å². The van der Waals surface area contributed by atoms with Crippen molar-refractivity contribution in [2.75, 3.05) is 11.9 Å². The Hall–Kier alpha value is -3.32. The molecule has 3 aromatic carbocycles. The van der Waals surface area contributed by atoms with E-state index in [-0.39, 0.29) is 11.6 Å². The second-order valence-corrected chi connectivity index (χ2v) is 7.86. The van der Waals surface area contributed by atoms with Crippen molar-refractivity contribution >= 4 is 29.1 Å². The summed E-state index contributed by atoms with van der Waals surface area (Å²) in [7, 11) is 0. The van der Waals surface area contributed by atoms with Crippen LogP contribution in [0.1, 0.15) is 33.1 Å². The maximum Gasteiger partial charge on any atom is 0.416 e. The van der Waals surface area contributed by atoms with E-state index in [1.165, 1.54) is 17.0 Å². The molecule has 4 nitrogen and oxygen atoms in total. The van der Waals surface area contributed by atoms with Crippen LogP contribution in [0.25, 0.3) is 0 Å². The van der Waals surface area contributed by atoms with Crippen LogP contribution in [-0.4, -0.2) is 23.3 Å². The highest BCUT2D eigenvalue weighted by atomic mass is 35.5. The first kappa shape index (κ1) is 21.9. The molecule has 4 rings (SSSR count). The van der Waals surface area contributed by atoms with Crippen molar-refractivity contribution in [1.82, 2.24) is 4.90 Å². The fourth-order valence-electron chi connectivity index (χ4n) is 3.81. The summed E-state index contributed by atoms with van der Waals surface area (Å²) < 4.78 is 39.2. The number of benzene rings is 3. The number of carbonyl (C=O) groups is 2. The first-order chi connectivity index (χ1) is 15.2. The van der Waals surface area contributed by atoms with Crippen molar-refractivity contribution in [3.05, 3.63) is 100 Å². The van der Waals surface area contributed by atoms with E-state index in [0.717, 1.165) is 17.7 Å². The van der Waals surface area contributed by atoms with E-state index in [1.807, 2.05) is 12.1 Å². The summed E-state index contributed by atoms with van der Waals surface area (Å²) in [6.45, 7) is 0.291. The van der Waals surface area contributed by atoms with E-state index in [1.54, 1.807) is 36.4 Å². The van der Waals surface area contributed by atoms with Gasteiger partial charge in [0.1, 0.15) is 6.04 Å². The van der Waals surface area contributed by atoms with Crippen molar-refractivity contribution in [2.45, 2.75) is 18.6 Å². The Bertz CT molecular complexity index is 1160. The molecule has 0 saturated carbocycles. The van der Waals surface area contributed by atoms with Crippen LogP contribution in [-0.2, 0) is 17.4 Å². The summed E-state index contributed by atoms with van der Waals surface area (Å²) >= 11 is 5.91. The Morgan fingerprint density at radius 1 is 0.969 bits per heavy atom. The summed E-state index contributed by atoms with van der Waals surface area (Å²) in [6, 6.07) is 17.0. The number of nitrogens with zero attached hydrogens (tertiary/aromatic N) is 1. The minimum absolute atomic E-state index is 0.00627. The van der Waals surface area contributed by atoms with Crippen LogP contribution >= 0.6 is 11.6 Å². The second kappa shape index (κ2) is 8.67. The second-order valence-electron chi connectivity index (χ2n) is 7.42. The van der Waals surface area contributed by atoms with Gasteiger partial charge in [0.25, 0.3) is 11.8 Å². The van der Waals surface area contributed by atoms with Gasteiger partial charge in [-0.2, -0.15) is 13.2 Å². The van der Waals surface area contributed by atoms with Gasteiger partial charge in [0.05, 0.1) is 5.56 Å². The van der Waals surface area contributed by atoms with Crippen LogP contribution in [0, 0.1) is 0 Å². The molecule has 1 unspecified atom stereocenters. The van der Waals surface area contributed by atoms with Crippen molar-refractivity contribution < 1.29 is 22.8 Å². The van der Waals surface area contributed by atoms with E-state index >= 15 is 0 Å². The number of amides is 2. The molecule has 8 heteroatoms. The van der Waals surface area contributed by atoms with Crippen LogP contribution in [0.3, 0.4) is 0 Å². The molecular weight excluding hydrogens is 441 g/mol. The number of hydrogen-bond acceptors (Lipinski definition) is 2. The Kier molecular flexibility index (Phi) is 5.93. The number of halogens is 4. The largest absolute Gasteiger partial charge is 0.416 e. The van der Waals surface area contributed by atoms with Crippen LogP contribution in [0.2, 0.25) is 5.02 Å². The van der Waals surface area contributed by atoms with Gasteiger partial charge in [0.2, 0.25) is 0 Å². The maximum atomic E-state index is 13.3. The van der Waals surface area contributed by atoms with Gasteiger partial charge in [0.15, 0.2) is 0 Å². The Morgan fingerprint density at radius 3 is 2.41 bits per heavy atom. The number of nitrogens with one attached hydrogen (secondary N) is 1. The number of fused-ring (bicyclic) bond motifs is 1. The van der Waals surface area contributed by atoms with E-state index < -0.39 is 23.7 Å². The highest BCUT2D eigenvalue weighted by molar-refractivity contribution is 6.30. The Balaban J connectivity index is 1.68. The number of carbonyl (C=O) groups excluding carboxylic acids is 2. The molecule has 0 aliphatic carbocycles. The average Bonchev–Trinajstić information content (AvgIpc) is 2.78. The summed E-state index contributed by atoms with van der Waals surface area (Å²) in [6.07, 6.45) is -3.97. The van der Waals surface area contributed by atoms with Crippen molar-refractivity contribution in [3.63, 3.8) is 0 Å².